The van der Waals surface area contributed by atoms with Crippen molar-refractivity contribution in [3.05, 3.63) is 57.5 Å². The van der Waals surface area contributed by atoms with Gasteiger partial charge in [-0.25, -0.2) is 4.79 Å². The fourth-order valence-corrected chi connectivity index (χ4v) is 2.23. The molecule has 0 aliphatic heterocycles. The van der Waals surface area contributed by atoms with Crippen LogP contribution in [0.25, 0.3) is 0 Å². The smallest absolute Gasteiger partial charge is 0.373 e. The fraction of sp³-hybridized carbons (Fsp3) is 0.214. The van der Waals surface area contributed by atoms with Gasteiger partial charge in [-0.1, -0.05) is 34.1 Å². The lowest BCUT2D eigenvalue weighted by molar-refractivity contribution is 0.0558. The summed E-state index contributed by atoms with van der Waals surface area (Å²) in [6, 6.07) is 8.62. The number of aliphatic hydroxyl groups is 1. The Morgan fingerprint density at radius 2 is 2.11 bits per heavy atom. The normalized spacial score (nSPS) is 12.2. The number of rotatable bonds is 3. The summed E-state index contributed by atoms with van der Waals surface area (Å²) in [6.45, 7) is 1.93. The minimum absolute atomic E-state index is 0.0697. The second-order valence-electron chi connectivity index (χ2n) is 4.07. The van der Waals surface area contributed by atoms with Crippen molar-refractivity contribution in [3.63, 3.8) is 0 Å². The van der Waals surface area contributed by atoms with E-state index in [-0.39, 0.29) is 5.76 Å². The zero-order chi connectivity index (χ0) is 14.0. The van der Waals surface area contributed by atoms with Gasteiger partial charge in [-0.05, 0) is 24.6 Å². The van der Waals surface area contributed by atoms with E-state index in [0.29, 0.717) is 11.3 Å². The first-order valence-corrected chi connectivity index (χ1v) is 6.45. The number of halogens is 1. The molecular weight excluding hydrogens is 312 g/mol. The third-order valence-corrected chi connectivity index (χ3v) is 3.88. The fourth-order valence-electron chi connectivity index (χ4n) is 1.74. The molecule has 0 saturated heterocycles. The Morgan fingerprint density at radius 1 is 1.37 bits per heavy atom. The molecule has 5 heteroatoms. The molecular formula is C14H13BrO4. The van der Waals surface area contributed by atoms with Gasteiger partial charge in [0.25, 0.3) is 0 Å². The van der Waals surface area contributed by atoms with Gasteiger partial charge in [0, 0.05) is 10.0 Å². The first kappa shape index (κ1) is 13.8. The molecule has 1 N–H and O–H groups in total. The number of aryl methyl sites for hydroxylation is 1. The van der Waals surface area contributed by atoms with Crippen LogP contribution >= 0.6 is 15.9 Å². The number of hydrogen-bond acceptors (Lipinski definition) is 4. The van der Waals surface area contributed by atoms with Crippen LogP contribution in [0.2, 0.25) is 0 Å². The molecule has 0 bridgehead atoms. The average molecular weight is 325 g/mol. The van der Waals surface area contributed by atoms with Gasteiger partial charge in [0.05, 0.1) is 7.11 Å². The number of benzene rings is 1. The molecule has 0 radical (unpaired) electrons. The van der Waals surface area contributed by atoms with E-state index in [4.69, 9.17) is 4.42 Å². The minimum Gasteiger partial charge on any atom is -0.463 e. The van der Waals surface area contributed by atoms with E-state index in [1.807, 2.05) is 19.1 Å². The van der Waals surface area contributed by atoms with Crippen LogP contribution < -0.4 is 0 Å². The van der Waals surface area contributed by atoms with Crippen molar-refractivity contribution in [1.29, 1.82) is 0 Å². The van der Waals surface area contributed by atoms with Crippen LogP contribution in [-0.4, -0.2) is 18.2 Å². The number of esters is 1. The molecule has 1 aromatic carbocycles. The van der Waals surface area contributed by atoms with E-state index in [1.54, 1.807) is 12.1 Å². The first-order valence-electron chi connectivity index (χ1n) is 5.65. The van der Waals surface area contributed by atoms with E-state index in [0.717, 1.165) is 10.0 Å². The van der Waals surface area contributed by atoms with Gasteiger partial charge in [0.2, 0.25) is 5.76 Å². The van der Waals surface area contributed by atoms with Crippen molar-refractivity contribution >= 4 is 21.9 Å². The molecule has 0 aliphatic rings. The SMILES string of the molecule is COC(=O)c1ccc(C(O)c2cccc(C)c2Br)o1. The van der Waals surface area contributed by atoms with Gasteiger partial charge in [-0.3, -0.25) is 0 Å². The maximum absolute atomic E-state index is 11.3. The van der Waals surface area contributed by atoms with Crippen molar-refractivity contribution in [1.82, 2.24) is 0 Å². The molecule has 0 amide bonds. The van der Waals surface area contributed by atoms with Crippen molar-refractivity contribution in [3.8, 4) is 0 Å². The Morgan fingerprint density at radius 3 is 2.79 bits per heavy atom. The molecule has 100 valence electrons. The number of hydrogen-bond donors (Lipinski definition) is 1. The summed E-state index contributed by atoms with van der Waals surface area (Å²) in [5.41, 5.74) is 1.70. The van der Waals surface area contributed by atoms with Crippen LogP contribution in [0.3, 0.4) is 0 Å². The van der Waals surface area contributed by atoms with Gasteiger partial charge >= 0.3 is 5.97 Å². The van der Waals surface area contributed by atoms with Gasteiger partial charge in [-0.15, -0.1) is 0 Å². The van der Waals surface area contributed by atoms with Crippen LogP contribution in [-0.2, 0) is 4.74 Å². The highest BCUT2D eigenvalue weighted by molar-refractivity contribution is 9.10. The molecule has 19 heavy (non-hydrogen) atoms. The predicted octanol–water partition coefficient (Wildman–Crippen LogP) is 3.22. The highest BCUT2D eigenvalue weighted by Gasteiger charge is 2.20. The van der Waals surface area contributed by atoms with Crippen molar-refractivity contribution < 1.29 is 19.1 Å². The Hall–Kier alpha value is -1.59. The largest absolute Gasteiger partial charge is 0.463 e. The topological polar surface area (TPSA) is 59.7 Å². The third-order valence-electron chi connectivity index (χ3n) is 2.80. The quantitative estimate of drug-likeness (QED) is 0.880. The summed E-state index contributed by atoms with van der Waals surface area (Å²) in [4.78, 5) is 11.3. The molecule has 1 unspecified atom stereocenters. The standard InChI is InChI=1S/C14H13BrO4/c1-8-4-3-5-9(12(8)15)13(16)10-6-7-11(19-10)14(17)18-2/h3-7,13,16H,1-2H3. The Labute approximate surface area is 119 Å². The molecule has 1 heterocycles. The average Bonchev–Trinajstić information content (AvgIpc) is 2.90. The molecule has 1 aromatic heterocycles. The summed E-state index contributed by atoms with van der Waals surface area (Å²) in [7, 11) is 1.28. The Kier molecular flexibility index (Phi) is 4.07. The Bertz CT molecular complexity index is 603. The number of carbonyl (C=O) groups is 1. The van der Waals surface area contributed by atoms with Crippen LogP contribution in [0.1, 0.15) is 33.5 Å². The molecule has 2 rings (SSSR count). The molecule has 1 atom stereocenters. The van der Waals surface area contributed by atoms with Gasteiger partial charge in [0.1, 0.15) is 11.9 Å². The van der Waals surface area contributed by atoms with Crippen LogP contribution in [0.15, 0.2) is 39.2 Å². The third kappa shape index (κ3) is 2.72. The number of carbonyl (C=O) groups excluding carboxylic acids is 1. The minimum atomic E-state index is -0.937. The second-order valence-corrected chi connectivity index (χ2v) is 4.87. The van der Waals surface area contributed by atoms with Gasteiger partial charge in [0.15, 0.2) is 0 Å². The summed E-state index contributed by atoms with van der Waals surface area (Å²) in [6.07, 6.45) is -0.937. The van der Waals surface area contributed by atoms with E-state index in [1.165, 1.54) is 13.2 Å². The maximum atomic E-state index is 11.3. The molecule has 0 fully saturated rings. The maximum Gasteiger partial charge on any atom is 0.373 e. The van der Waals surface area contributed by atoms with Crippen molar-refractivity contribution in [2.45, 2.75) is 13.0 Å². The van der Waals surface area contributed by atoms with E-state index in [2.05, 4.69) is 20.7 Å². The molecule has 4 nitrogen and oxygen atoms in total. The number of methoxy groups -OCH3 is 1. The summed E-state index contributed by atoms with van der Waals surface area (Å²) in [5.74, 6) is -0.200. The second kappa shape index (κ2) is 5.59. The molecule has 0 saturated carbocycles. The lowest BCUT2D eigenvalue weighted by Gasteiger charge is -2.12. The zero-order valence-corrected chi connectivity index (χ0v) is 12.1. The van der Waals surface area contributed by atoms with Crippen LogP contribution in [0.4, 0.5) is 0 Å². The van der Waals surface area contributed by atoms with Crippen molar-refractivity contribution in [2.75, 3.05) is 7.11 Å². The Balaban J connectivity index is 2.34. The lowest BCUT2D eigenvalue weighted by atomic mass is 10.1. The number of ether oxygens (including phenoxy) is 1. The van der Waals surface area contributed by atoms with E-state index in [9.17, 15) is 9.90 Å². The lowest BCUT2D eigenvalue weighted by Crippen LogP contribution is -2.01. The highest BCUT2D eigenvalue weighted by atomic mass is 79.9. The molecule has 0 aliphatic carbocycles. The van der Waals surface area contributed by atoms with E-state index < -0.39 is 12.1 Å². The number of aliphatic hydroxyl groups excluding tert-OH is 1. The first-order chi connectivity index (χ1) is 9.04. The van der Waals surface area contributed by atoms with Gasteiger partial charge < -0.3 is 14.3 Å². The van der Waals surface area contributed by atoms with Gasteiger partial charge in [-0.2, -0.15) is 0 Å². The molecule has 0 spiro atoms. The monoisotopic (exact) mass is 324 g/mol. The molecule has 2 aromatic rings. The van der Waals surface area contributed by atoms with Crippen LogP contribution in [0, 0.1) is 6.92 Å². The van der Waals surface area contributed by atoms with Crippen molar-refractivity contribution in [2.24, 2.45) is 0 Å². The zero-order valence-electron chi connectivity index (χ0n) is 10.5. The highest BCUT2D eigenvalue weighted by Crippen LogP contribution is 2.31. The summed E-state index contributed by atoms with van der Waals surface area (Å²) < 4.78 is 10.7. The predicted molar refractivity (Wildman–Crippen MR) is 73.0 cm³/mol. The van der Waals surface area contributed by atoms with E-state index >= 15 is 0 Å². The number of furan rings is 1. The van der Waals surface area contributed by atoms with Crippen LogP contribution in [0.5, 0.6) is 0 Å². The summed E-state index contributed by atoms with van der Waals surface area (Å²) in [5, 5.41) is 10.3. The summed E-state index contributed by atoms with van der Waals surface area (Å²) >= 11 is 3.43.